The van der Waals surface area contributed by atoms with Gasteiger partial charge in [-0.25, -0.2) is 0 Å². The van der Waals surface area contributed by atoms with E-state index in [-0.39, 0.29) is 52.1 Å². The first kappa shape index (κ1) is 60.0. The fraction of sp³-hybridized carbons (Fsp3) is 0.719. The zero-order chi connectivity index (χ0) is 51.9. The van der Waals surface area contributed by atoms with Crippen molar-refractivity contribution in [2.45, 2.75) is 312 Å². The lowest BCUT2D eigenvalue weighted by atomic mass is 9.75. The van der Waals surface area contributed by atoms with Crippen molar-refractivity contribution in [2.75, 3.05) is 0 Å². The van der Waals surface area contributed by atoms with Crippen LogP contribution in [0.5, 0.6) is 0 Å². The quantitative estimate of drug-likeness (QED) is 0.0898. The van der Waals surface area contributed by atoms with Gasteiger partial charge < -0.3 is 0 Å². The van der Waals surface area contributed by atoms with Gasteiger partial charge in [-0.3, -0.25) is 0 Å². The Morgan fingerprint density at radius 2 is 0.463 bits per heavy atom. The molecule has 0 unspecified atom stereocenters. The third-order valence-corrected chi connectivity index (χ3v) is 18.5. The molecule has 0 aliphatic rings. The van der Waals surface area contributed by atoms with Gasteiger partial charge in [-0.15, -0.1) is 0 Å². The molecule has 3 rings (SSSR count). The summed E-state index contributed by atoms with van der Waals surface area (Å²) in [7, 11) is 0. The molecule has 3 aromatic carbocycles. The van der Waals surface area contributed by atoms with Gasteiger partial charge in [0.25, 0.3) is 0 Å². The Labute approximate surface area is 431 Å². The molecule has 0 N–H and O–H groups in total. The minimum absolute atomic E-state index is 0.0254. The standard InChI is InChI=1S/C64H106S3/c1-29-30-31-32-33-34-35-36-64(65-52-46(58(11,12)13)37-43(55(2,3)4)38-47(52)59(14,15)16,66-53-48(60(17,18)19)39-44(56(5,6)7)40-49(53)61(20,21)22)67-54-50(62(23,24)25)41-45(57(8,9)10)42-51(54)63(26,27)28/h37-42H,29-36H2,1-28H3. The number of rotatable bonds is 14. The van der Waals surface area contributed by atoms with Crippen LogP contribution in [-0.4, -0.2) is 3.41 Å². The maximum absolute atomic E-state index is 2.62. The van der Waals surface area contributed by atoms with E-state index in [1.807, 2.05) is 0 Å². The molecule has 0 spiro atoms. The summed E-state index contributed by atoms with van der Waals surface area (Å²) in [5.74, 6) is 0. The van der Waals surface area contributed by atoms with Crippen molar-refractivity contribution in [2.24, 2.45) is 0 Å². The second-order valence-electron chi connectivity index (χ2n) is 29.8. The zero-order valence-electron chi connectivity index (χ0n) is 49.3. The summed E-state index contributed by atoms with van der Waals surface area (Å²) in [6.07, 6.45) is 10.2. The Hall–Kier alpha value is -1.29. The molecule has 3 heteroatoms. The Bertz CT molecular complexity index is 1780. The average Bonchev–Trinajstić information content (AvgIpc) is 3.10. The lowest BCUT2D eigenvalue weighted by Gasteiger charge is -2.42. The predicted molar refractivity (Wildman–Crippen MR) is 311 cm³/mol. The second kappa shape index (κ2) is 21.0. The molecule has 0 aromatic heterocycles. The molecule has 0 radical (unpaired) electrons. The van der Waals surface area contributed by atoms with E-state index in [0.29, 0.717) is 0 Å². The minimum Gasteiger partial charge on any atom is -0.0960 e. The summed E-state index contributed by atoms with van der Waals surface area (Å²) in [6.45, 7) is 68.3. The van der Waals surface area contributed by atoms with Crippen molar-refractivity contribution >= 4 is 35.3 Å². The minimum atomic E-state index is -0.320. The SMILES string of the molecule is CCCCCCCCCC(Sc1c(C(C)(C)C)cc(C(C)(C)C)cc1C(C)(C)C)(Sc1c(C(C)(C)C)cc(C(C)(C)C)cc1C(C)(C)C)Sc1c(C(C)(C)C)cc(C(C)(C)C)cc1C(C)(C)C. The van der Waals surface area contributed by atoms with Gasteiger partial charge >= 0.3 is 0 Å². The van der Waals surface area contributed by atoms with Crippen molar-refractivity contribution in [1.29, 1.82) is 0 Å². The molecule has 0 amide bonds. The molecule has 67 heavy (non-hydrogen) atoms. The highest BCUT2D eigenvalue weighted by Crippen LogP contribution is 2.64. The maximum Gasteiger partial charge on any atom is 0.120 e. The first-order valence-electron chi connectivity index (χ1n) is 26.5. The summed E-state index contributed by atoms with van der Waals surface area (Å²) in [4.78, 5) is 4.49. The van der Waals surface area contributed by atoms with Crippen LogP contribution in [0, 0.1) is 0 Å². The Morgan fingerprint density at radius 1 is 0.269 bits per heavy atom. The van der Waals surface area contributed by atoms with E-state index in [4.69, 9.17) is 0 Å². The molecule has 0 heterocycles. The average molecular weight is 972 g/mol. The lowest BCUT2D eigenvalue weighted by molar-refractivity contribution is 0.529. The van der Waals surface area contributed by atoms with Crippen LogP contribution in [0.15, 0.2) is 51.1 Å². The van der Waals surface area contributed by atoms with E-state index < -0.39 is 0 Å². The number of unbranched alkanes of at least 4 members (excludes halogenated alkanes) is 6. The maximum atomic E-state index is 2.62. The van der Waals surface area contributed by atoms with Crippen LogP contribution in [0.3, 0.4) is 0 Å². The number of thioether (sulfide) groups is 3. The Balaban J connectivity index is 2.83. The van der Waals surface area contributed by atoms with E-state index in [0.717, 1.165) is 6.42 Å². The van der Waals surface area contributed by atoms with Crippen molar-refractivity contribution in [3.63, 3.8) is 0 Å². The molecular formula is C64H106S3. The van der Waals surface area contributed by atoms with Crippen LogP contribution in [-0.2, 0) is 48.7 Å². The van der Waals surface area contributed by atoms with Gasteiger partial charge in [0.15, 0.2) is 0 Å². The Kier molecular flexibility index (Phi) is 18.9. The fourth-order valence-electron chi connectivity index (χ4n) is 8.84. The molecule has 380 valence electrons. The third-order valence-electron chi connectivity index (χ3n) is 13.6. The van der Waals surface area contributed by atoms with Gasteiger partial charge in [-0.2, -0.15) is 0 Å². The highest BCUT2D eigenvalue weighted by atomic mass is 32.3. The van der Waals surface area contributed by atoms with Crippen LogP contribution in [0.1, 0.15) is 295 Å². The zero-order valence-corrected chi connectivity index (χ0v) is 51.8. The fourth-order valence-corrected chi connectivity index (χ4v) is 15.4. The van der Waals surface area contributed by atoms with E-state index >= 15 is 0 Å². The van der Waals surface area contributed by atoms with Gasteiger partial charge in [0.1, 0.15) is 3.41 Å². The summed E-state index contributed by atoms with van der Waals surface area (Å²) >= 11 is 6.74. The van der Waals surface area contributed by atoms with E-state index in [1.165, 1.54) is 110 Å². The highest BCUT2D eigenvalue weighted by molar-refractivity contribution is 8.33. The van der Waals surface area contributed by atoms with Crippen LogP contribution >= 0.6 is 35.3 Å². The van der Waals surface area contributed by atoms with E-state index in [1.54, 1.807) is 0 Å². The largest absolute Gasteiger partial charge is 0.120 e. The van der Waals surface area contributed by atoms with Crippen LogP contribution in [0.2, 0.25) is 0 Å². The number of benzene rings is 3. The molecule has 0 atom stereocenters. The molecule has 0 fully saturated rings. The molecule has 0 saturated heterocycles. The second-order valence-corrected chi connectivity index (χ2v) is 34.5. The Morgan fingerprint density at radius 3 is 0.642 bits per heavy atom. The number of hydrogen-bond acceptors (Lipinski definition) is 3. The summed E-state index contributed by atoms with van der Waals surface area (Å²) < 4.78 is -0.320. The molecule has 0 nitrogen and oxygen atoms in total. The van der Waals surface area contributed by atoms with E-state index in [9.17, 15) is 0 Å². The summed E-state index contributed by atoms with van der Waals surface area (Å²) in [5.41, 5.74) is 13.0. The molecule has 0 saturated carbocycles. The van der Waals surface area contributed by atoms with Crippen molar-refractivity contribution in [3.8, 4) is 0 Å². The molecule has 3 aromatic rings. The first-order valence-corrected chi connectivity index (χ1v) is 28.9. The van der Waals surface area contributed by atoms with Gasteiger partial charge in [0.05, 0.1) is 0 Å². The smallest absolute Gasteiger partial charge is 0.0960 e. The van der Waals surface area contributed by atoms with Crippen molar-refractivity contribution in [1.82, 2.24) is 0 Å². The monoisotopic (exact) mass is 971 g/mol. The molecule has 0 aliphatic heterocycles. The van der Waals surface area contributed by atoms with E-state index in [2.05, 4.69) is 266 Å². The van der Waals surface area contributed by atoms with Gasteiger partial charge in [0, 0.05) is 14.7 Å². The predicted octanol–water partition coefficient (Wildman–Crippen LogP) is 21.8. The molecular weight excluding hydrogens is 865 g/mol. The van der Waals surface area contributed by atoms with Crippen LogP contribution in [0.25, 0.3) is 0 Å². The van der Waals surface area contributed by atoms with Crippen LogP contribution < -0.4 is 0 Å². The van der Waals surface area contributed by atoms with Gasteiger partial charge in [0.2, 0.25) is 0 Å². The first-order chi connectivity index (χ1) is 29.8. The van der Waals surface area contributed by atoms with Crippen molar-refractivity contribution in [3.05, 3.63) is 86.5 Å². The normalized spacial score (nSPS) is 14.3. The van der Waals surface area contributed by atoms with Gasteiger partial charge in [-0.05, 0) is 105 Å². The summed E-state index contributed by atoms with van der Waals surface area (Å²) in [5, 5.41) is 0. The van der Waals surface area contributed by atoms with Crippen molar-refractivity contribution < 1.29 is 0 Å². The third kappa shape index (κ3) is 16.1. The highest BCUT2D eigenvalue weighted by Gasteiger charge is 2.44. The lowest BCUT2D eigenvalue weighted by Crippen LogP contribution is -2.28. The molecule has 0 aliphatic carbocycles. The van der Waals surface area contributed by atoms with Gasteiger partial charge in [-0.1, -0.05) is 310 Å². The number of hydrogen-bond donors (Lipinski definition) is 0. The van der Waals surface area contributed by atoms with Crippen LogP contribution in [0.4, 0.5) is 0 Å². The summed E-state index contributed by atoms with van der Waals surface area (Å²) in [6, 6.07) is 15.7. The topological polar surface area (TPSA) is 0 Å². The molecule has 0 bridgehead atoms.